The Kier molecular flexibility index (Phi) is 13.2. The second kappa shape index (κ2) is 19.3. The minimum atomic E-state index is -4.36. The average Bonchev–Trinajstić information content (AvgIpc) is 3.75. The number of ether oxygens (including phenoxy) is 3. The van der Waals surface area contributed by atoms with E-state index in [2.05, 4.69) is 52.7 Å². The zero-order valence-corrected chi connectivity index (χ0v) is 37.3. The topological polar surface area (TPSA) is 187 Å². The van der Waals surface area contributed by atoms with Crippen molar-refractivity contribution >= 4 is 55.8 Å². The van der Waals surface area contributed by atoms with Gasteiger partial charge >= 0.3 is 0 Å². The van der Waals surface area contributed by atoms with Gasteiger partial charge in [0.15, 0.2) is 18.2 Å². The number of piperazine rings is 1. The summed E-state index contributed by atoms with van der Waals surface area (Å²) in [6.45, 7) is 7.86. The number of aromatic amines is 1. The van der Waals surface area contributed by atoms with E-state index in [1.54, 1.807) is 36.8 Å². The molecule has 6 heterocycles. The van der Waals surface area contributed by atoms with Gasteiger partial charge in [-0.1, -0.05) is 23.4 Å². The number of nitrogens with zero attached hydrogens (tertiary/aromatic N) is 4. The van der Waals surface area contributed by atoms with Crippen LogP contribution in [0.4, 0.5) is 11.4 Å². The van der Waals surface area contributed by atoms with Crippen LogP contribution in [0.15, 0.2) is 100 Å². The van der Waals surface area contributed by atoms with Crippen LogP contribution >= 0.6 is 11.6 Å². The van der Waals surface area contributed by atoms with Crippen LogP contribution in [0.2, 0.25) is 5.02 Å². The highest BCUT2D eigenvalue weighted by atomic mass is 35.5. The summed E-state index contributed by atoms with van der Waals surface area (Å²) >= 11 is 6.35. The van der Waals surface area contributed by atoms with Crippen molar-refractivity contribution in [1.82, 2.24) is 34.7 Å². The first kappa shape index (κ1) is 43.8. The van der Waals surface area contributed by atoms with Gasteiger partial charge in [-0.05, 0) is 78.4 Å². The fraction of sp³-hybridized carbons (Fsp3) is 0.413. The van der Waals surface area contributed by atoms with E-state index in [4.69, 9.17) is 25.8 Å². The smallest absolute Gasteiger partial charge is 0.277 e. The number of H-pyrrole nitrogens is 1. The summed E-state index contributed by atoms with van der Waals surface area (Å²) in [5, 5.41) is 9.97. The summed E-state index contributed by atoms with van der Waals surface area (Å²) < 4.78 is 47.1. The largest absolute Gasteiger partial charge is 0.454 e. The van der Waals surface area contributed by atoms with Gasteiger partial charge in [0.05, 0.1) is 28.4 Å². The standard InChI is InChI=1S/C46H52ClN9O7S/c1-61-29-52-42-22-39(5-7-41(42)50-23-30-9-16-62-17-10-30)64(59,60)53-45(57)40-6-4-36(21-43(40)63-38-20-32-8-11-49-44(32)51-26-38)55-14-12-54(13-15-55)28-37-19-31-2-3-35(47)18-33(31)27-56(37)46(58)34-24-48-25-34/h2-3,5,7-8,11,18,20-22,26,30,34,37,48,50,52H,9-10,12-17,19,23-25,27-29H2,1H3,(H,49,51)(H,53,57)/p+1. The van der Waals surface area contributed by atoms with Gasteiger partial charge in [0.2, 0.25) is 5.91 Å². The third-order valence-electron chi connectivity index (χ3n) is 12.6. The maximum atomic E-state index is 14.0. The van der Waals surface area contributed by atoms with Crippen LogP contribution in [-0.2, 0) is 42.1 Å². The van der Waals surface area contributed by atoms with Crippen molar-refractivity contribution in [3.8, 4) is 5.75 Å². The summed E-state index contributed by atoms with van der Waals surface area (Å²) in [4.78, 5) is 41.7. The highest BCUT2D eigenvalue weighted by Gasteiger charge is 2.37. The predicted octanol–water partition coefficient (Wildman–Crippen LogP) is 2.99. The van der Waals surface area contributed by atoms with Crippen LogP contribution in [0.25, 0.3) is 11.0 Å². The molecular weight excluding hydrogens is 858 g/mol. The highest BCUT2D eigenvalue weighted by Crippen LogP contribution is 2.31. The maximum Gasteiger partial charge on any atom is 0.277 e. The number of hydrogen-bond acceptors (Lipinski definition) is 12. The van der Waals surface area contributed by atoms with Crippen molar-refractivity contribution in [3.63, 3.8) is 0 Å². The van der Waals surface area contributed by atoms with E-state index in [1.807, 2.05) is 23.1 Å². The van der Waals surface area contributed by atoms with E-state index < -0.39 is 15.9 Å². The highest BCUT2D eigenvalue weighted by molar-refractivity contribution is 7.90. The molecule has 1 unspecified atom stereocenters. The molecule has 0 radical (unpaired) electrons. The number of halogens is 1. The number of amides is 2. The number of carbonyl (C=O) groups is 2. The van der Waals surface area contributed by atoms with Crippen LogP contribution in [0.5, 0.6) is 5.75 Å². The fourth-order valence-electron chi connectivity index (χ4n) is 8.80. The third kappa shape index (κ3) is 9.93. The number of methoxy groups -OCH3 is 1. The van der Waals surface area contributed by atoms with Crippen LogP contribution in [0.3, 0.4) is 0 Å². The second-order valence-electron chi connectivity index (χ2n) is 16.9. The summed E-state index contributed by atoms with van der Waals surface area (Å²) in [6, 6.07) is 14.4. The molecule has 336 valence electrons. The molecule has 2 amide bonds. The molecule has 1 atom stereocenters. The van der Waals surface area contributed by atoms with Gasteiger partial charge in [-0.3, -0.25) is 19.8 Å². The number of rotatable bonds is 15. The van der Waals surface area contributed by atoms with Gasteiger partial charge < -0.3 is 39.6 Å². The molecule has 18 heteroatoms. The van der Waals surface area contributed by atoms with E-state index in [1.165, 1.54) is 23.9 Å². The normalized spacial score (nSPS) is 19.7. The molecule has 9 rings (SSSR count). The van der Waals surface area contributed by atoms with E-state index >= 15 is 0 Å². The summed E-state index contributed by atoms with van der Waals surface area (Å²) in [7, 11) is -2.79. The van der Waals surface area contributed by atoms with E-state index in [0.717, 1.165) is 75.3 Å². The van der Waals surface area contributed by atoms with Crippen molar-refractivity contribution < 1.29 is 37.5 Å². The molecule has 4 aromatic rings. The Morgan fingerprint density at radius 2 is 1.86 bits per heavy atom. The Morgan fingerprint density at radius 1 is 1.03 bits per heavy atom. The Morgan fingerprint density at radius 3 is 2.64 bits per heavy atom. The minimum absolute atomic E-state index is 0.00639. The van der Waals surface area contributed by atoms with Crippen LogP contribution in [0, 0.1) is 11.8 Å². The molecule has 2 aromatic heterocycles. The number of benzene rings is 2. The molecule has 1 aliphatic carbocycles. The lowest BCUT2D eigenvalue weighted by atomic mass is 9.91. The van der Waals surface area contributed by atoms with Crippen LogP contribution in [-0.4, -0.2) is 130 Å². The lowest BCUT2D eigenvalue weighted by Gasteiger charge is -2.44. The minimum Gasteiger partial charge on any atom is -0.454 e. The van der Waals surface area contributed by atoms with E-state index in [0.29, 0.717) is 66.4 Å². The van der Waals surface area contributed by atoms with Crippen molar-refractivity contribution in [2.75, 3.05) is 84.7 Å². The molecular formula is C46H53ClN9O7S+. The third-order valence-corrected chi connectivity index (χ3v) is 14.2. The second-order valence-corrected chi connectivity index (χ2v) is 19.0. The first-order chi connectivity index (χ1) is 31.1. The van der Waals surface area contributed by atoms with E-state index in [-0.39, 0.29) is 40.8 Å². The molecule has 3 fully saturated rings. The number of pyridine rings is 1. The molecule has 64 heavy (non-hydrogen) atoms. The Hall–Kier alpha value is -5.45. The molecule has 6 N–H and O–H groups in total. The lowest BCUT2D eigenvalue weighted by molar-refractivity contribution is -0.608. The van der Waals surface area contributed by atoms with E-state index in [9.17, 15) is 18.0 Å². The zero-order chi connectivity index (χ0) is 44.2. The summed E-state index contributed by atoms with van der Waals surface area (Å²) in [6.07, 6.45) is 7.67. The van der Waals surface area contributed by atoms with Gasteiger partial charge in [0, 0.05) is 114 Å². The van der Waals surface area contributed by atoms with Crippen molar-refractivity contribution in [1.29, 1.82) is 0 Å². The number of carbonyl (C=O) groups excluding carboxylic acids is 2. The molecule has 0 bridgehead atoms. The zero-order valence-electron chi connectivity index (χ0n) is 35.7. The number of nitrogens with one attached hydrogen (secondary N) is 4. The van der Waals surface area contributed by atoms with Crippen molar-refractivity contribution in [3.05, 3.63) is 112 Å². The van der Waals surface area contributed by atoms with Gasteiger partial charge in [-0.15, -0.1) is 0 Å². The number of quaternary nitrogens is 1. The quantitative estimate of drug-likeness (QED) is 0.0669. The fourth-order valence-corrected chi connectivity index (χ4v) is 9.98. The van der Waals surface area contributed by atoms with Gasteiger partial charge in [0.25, 0.3) is 15.9 Å². The van der Waals surface area contributed by atoms with Gasteiger partial charge in [-0.25, -0.2) is 18.1 Å². The Bertz CT molecular complexity index is 2660. The number of hydrogen-bond donors (Lipinski definition) is 5. The molecule has 5 aliphatic rings. The molecule has 0 spiro atoms. The predicted molar refractivity (Wildman–Crippen MR) is 240 cm³/mol. The Balaban J connectivity index is 0.923. The van der Waals surface area contributed by atoms with Crippen molar-refractivity contribution in [2.24, 2.45) is 11.8 Å². The molecule has 3 saturated heterocycles. The first-order valence-corrected chi connectivity index (χ1v) is 23.7. The number of nitrogens with two attached hydrogens (primary N) is 1. The SMILES string of the molecule is COC[NH2+]c1cc(S(=O)(=O)NC(=O)C2=C=C=C(N3CCN(CC4Cc5ccc(Cl)cc5CN4C(=O)C4CNC4)CC3)C=C2Oc2cnc3[nH]ccc3c2)ccc1NCC1CCOCC1. The van der Waals surface area contributed by atoms with Gasteiger partial charge in [-0.2, -0.15) is 0 Å². The number of fused-ring (bicyclic) bond motifs is 2. The summed E-state index contributed by atoms with van der Waals surface area (Å²) in [5.74, 6) is 0.158. The van der Waals surface area contributed by atoms with Crippen LogP contribution < -0.4 is 25.4 Å². The number of sulfonamides is 1. The van der Waals surface area contributed by atoms with Crippen LogP contribution in [0.1, 0.15) is 24.0 Å². The first-order valence-electron chi connectivity index (χ1n) is 21.8. The average molecular weight is 912 g/mol. The monoisotopic (exact) mass is 910 g/mol. The molecule has 0 saturated carbocycles. The number of allylic oxidation sites excluding steroid dienone is 1. The number of aromatic nitrogens is 2. The Labute approximate surface area is 377 Å². The molecule has 4 aliphatic heterocycles. The van der Waals surface area contributed by atoms with Gasteiger partial charge in [0.1, 0.15) is 17.0 Å². The molecule has 16 nitrogen and oxygen atoms in total. The lowest BCUT2D eigenvalue weighted by Crippen LogP contribution is -2.78. The maximum absolute atomic E-state index is 14.0. The number of anilines is 1. The molecule has 2 aromatic carbocycles. The summed E-state index contributed by atoms with van der Waals surface area (Å²) in [5.41, 5.74) is 11.0. The van der Waals surface area contributed by atoms with Crippen molar-refractivity contribution in [2.45, 2.75) is 36.7 Å².